The zero-order valence-corrected chi connectivity index (χ0v) is 11.5. The van der Waals surface area contributed by atoms with Gasteiger partial charge in [-0.25, -0.2) is 0 Å². The molecule has 1 aromatic rings. The van der Waals surface area contributed by atoms with Crippen LogP contribution < -0.4 is 10.6 Å². The smallest absolute Gasteiger partial charge is 0.270 e. The first-order valence-electron chi connectivity index (χ1n) is 5.37. The SMILES string of the molecule is CNCC(C)CNc1ccc([N+](=O)[O-])cc1Br. The standard InChI is InChI=1S/C11H16BrN3O2/c1-8(6-13-2)7-14-11-4-3-9(15(16)17)5-10(11)12/h3-5,8,13-14H,6-7H2,1-2H3. The van der Waals surface area contributed by atoms with E-state index in [0.717, 1.165) is 18.8 Å². The minimum absolute atomic E-state index is 0.0886. The van der Waals surface area contributed by atoms with E-state index in [0.29, 0.717) is 10.4 Å². The maximum Gasteiger partial charge on any atom is 0.270 e. The third-order valence-electron chi connectivity index (χ3n) is 2.36. The van der Waals surface area contributed by atoms with Crippen molar-refractivity contribution in [3.8, 4) is 0 Å². The van der Waals surface area contributed by atoms with Crippen molar-refractivity contribution in [2.45, 2.75) is 6.92 Å². The van der Waals surface area contributed by atoms with Gasteiger partial charge in [0.2, 0.25) is 0 Å². The van der Waals surface area contributed by atoms with Gasteiger partial charge >= 0.3 is 0 Å². The van der Waals surface area contributed by atoms with E-state index in [-0.39, 0.29) is 5.69 Å². The quantitative estimate of drug-likeness (QED) is 0.626. The molecule has 1 atom stereocenters. The van der Waals surface area contributed by atoms with Crippen LogP contribution in [0.5, 0.6) is 0 Å². The third kappa shape index (κ3) is 4.32. The molecule has 2 N–H and O–H groups in total. The van der Waals surface area contributed by atoms with E-state index in [1.807, 2.05) is 7.05 Å². The van der Waals surface area contributed by atoms with Crippen LogP contribution in [0.15, 0.2) is 22.7 Å². The number of hydrogen-bond acceptors (Lipinski definition) is 4. The maximum absolute atomic E-state index is 10.6. The van der Waals surface area contributed by atoms with Crippen LogP contribution in [0, 0.1) is 16.0 Å². The lowest BCUT2D eigenvalue weighted by Crippen LogP contribution is -2.22. The molecule has 94 valence electrons. The molecule has 0 aromatic heterocycles. The van der Waals surface area contributed by atoms with Gasteiger partial charge in [-0.2, -0.15) is 0 Å². The van der Waals surface area contributed by atoms with Crippen LogP contribution in [0.4, 0.5) is 11.4 Å². The fraction of sp³-hybridized carbons (Fsp3) is 0.455. The molecular formula is C11H16BrN3O2. The van der Waals surface area contributed by atoms with Gasteiger partial charge in [0.15, 0.2) is 0 Å². The first-order valence-corrected chi connectivity index (χ1v) is 6.16. The highest BCUT2D eigenvalue weighted by atomic mass is 79.9. The predicted octanol–water partition coefficient (Wildman–Crippen LogP) is 2.62. The van der Waals surface area contributed by atoms with Gasteiger partial charge in [0.1, 0.15) is 0 Å². The van der Waals surface area contributed by atoms with Gasteiger partial charge in [0.25, 0.3) is 5.69 Å². The van der Waals surface area contributed by atoms with E-state index in [9.17, 15) is 10.1 Å². The van der Waals surface area contributed by atoms with Crippen LogP contribution in [0.1, 0.15) is 6.92 Å². The molecule has 0 saturated heterocycles. The van der Waals surface area contributed by atoms with Crippen LogP contribution in [0.2, 0.25) is 0 Å². The topological polar surface area (TPSA) is 67.2 Å². The lowest BCUT2D eigenvalue weighted by molar-refractivity contribution is -0.384. The number of halogens is 1. The first-order chi connectivity index (χ1) is 8.04. The Labute approximate surface area is 109 Å². The van der Waals surface area contributed by atoms with E-state index in [1.165, 1.54) is 12.1 Å². The number of rotatable bonds is 6. The van der Waals surface area contributed by atoms with Crippen LogP contribution in [-0.2, 0) is 0 Å². The summed E-state index contributed by atoms with van der Waals surface area (Å²) in [6.07, 6.45) is 0. The molecule has 0 spiro atoms. The van der Waals surface area contributed by atoms with Crippen molar-refractivity contribution in [2.24, 2.45) is 5.92 Å². The summed E-state index contributed by atoms with van der Waals surface area (Å²) in [5.74, 6) is 0.488. The number of nitro groups is 1. The second-order valence-electron chi connectivity index (χ2n) is 3.97. The molecule has 6 heteroatoms. The van der Waals surface area contributed by atoms with Gasteiger partial charge in [0, 0.05) is 28.8 Å². The fourth-order valence-electron chi connectivity index (χ4n) is 1.47. The number of nitro benzene ring substituents is 1. The molecule has 0 fully saturated rings. The Morgan fingerprint density at radius 3 is 2.71 bits per heavy atom. The molecule has 0 amide bonds. The monoisotopic (exact) mass is 301 g/mol. The van der Waals surface area contributed by atoms with E-state index in [4.69, 9.17) is 0 Å². The number of nitrogens with zero attached hydrogens (tertiary/aromatic N) is 1. The van der Waals surface area contributed by atoms with Crippen LogP contribution >= 0.6 is 15.9 Å². The van der Waals surface area contributed by atoms with Crippen molar-refractivity contribution in [3.05, 3.63) is 32.8 Å². The number of benzene rings is 1. The van der Waals surface area contributed by atoms with Crippen LogP contribution in [0.25, 0.3) is 0 Å². The van der Waals surface area contributed by atoms with Crippen molar-refractivity contribution in [1.82, 2.24) is 5.32 Å². The summed E-state index contributed by atoms with van der Waals surface area (Å²) in [6, 6.07) is 4.72. The molecule has 0 aliphatic rings. The molecule has 0 aliphatic carbocycles. The Morgan fingerprint density at radius 2 is 2.18 bits per heavy atom. The van der Waals surface area contributed by atoms with Gasteiger partial charge in [-0.15, -0.1) is 0 Å². The van der Waals surface area contributed by atoms with Crippen LogP contribution in [0.3, 0.4) is 0 Å². The Hall–Kier alpha value is -1.14. The molecule has 1 unspecified atom stereocenters. The zero-order valence-electron chi connectivity index (χ0n) is 9.87. The predicted molar refractivity (Wildman–Crippen MR) is 72.4 cm³/mol. The van der Waals surface area contributed by atoms with Gasteiger partial charge < -0.3 is 10.6 Å². The molecule has 0 radical (unpaired) electrons. The summed E-state index contributed by atoms with van der Waals surface area (Å²) in [7, 11) is 1.91. The minimum Gasteiger partial charge on any atom is -0.384 e. The minimum atomic E-state index is -0.405. The average Bonchev–Trinajstić information content (AvgIpc) is 2.27. The van der Waals surface area contributed by atoms with Crippen molar-refractivity contribution in [3.63, 3.8) is 0 Å². The van der Waals surface area contributed by atoms with E-state index in [2.05, 4.69) is 33.5 Å². The summed E-state index contributed by atoms with van der Waals surface area (Å²) in [5.41, 5.74) is 0.962. The second-order valence-corrected chi connectivity index (χ2v) is 4.82. The third-order valence-corrected chi connectivity index (χ3v) is 3.01. The van der Waals surface area contributed by atoms with Crippen molar-refractivity contribution in [2.75, 3.05) is 25.5 Å². The number of non-ortho nitro benzene ring substituents is 1. The molecule has 0 heterocycles. The van der Waals surface area contributed by atoms with Gasteiger partial charge in [-0.1, -0.05) is 6.92 Å². The van der Waals surface area contributed by atoms with Gasteiger partial charge in [-0.05, 0) is 41.5 Å². The van der Waals surface area contributed by atoms with E-state index in [1.54, 1.807) is 6.07 Å². The molecule has 17 heavy (non-hydrogen) atoms. The summed E-state index contributed by atoms with van der Waals surface area (Å²) in [5, 5.41) is 16.9. The Bertz CT molecular complexity index is 398. The maximum atomic E-state index is 10.6. The molecule has 0 saturated carbocycles. The van der Waals surface area contributed by atoms with Gasteiger partial charge in [0.05, 0.1) is 4.92 Å². The highest BCUT2D eigenvalue weighted by molar-refractivity contribution is 9.10. The second kappa shape index (κ2) is 6.56. The lowest BCUT2D eigenvalue weighted by atomic mass is 10.2. The highest BCUT2D eigenvalue weighted by Crippen LogP contribution is 2.27. The largest absolute Gasteiger partial charge is 0.384 e. The summed E-state index contributed by atoms with van der Waals surface area (Å²) in [6.45, 7) is 3.87. The van der Waals surface area contributed by atoms with Crippen molar-refractivity contribution in [1.29, 1.82) is 0 Å². The fourth-order valence-corrected chi connectivity index (χ4v) is 1.97. The average molecular weight is 302 g/mol. The normalized spacial score (nSPS) is 12.2. The number of nitrogens with one attached hydrogen (secondary N) is 2. The number of hydrogen-bond donors (Lipinski definition) is 2. The molecule has 1 rings (SSSR count). The number of anilines is 1. The zero-order chi connectivity index (χ0) is 12.8. The van der Waals surface area contributed by atoms with Crippen LogP contribution in [-0.4, -0.2) is 25.1 Å². The Kier molecular flexibility index (Phi) is 5.37. The Morgan fingerprint density at radius 1 is 1.47 bits per heavy atom. The lowest BCUT2D eigenvalue weighted by Gasteiger charge is -2.13. The Balaban J connectivity index is 2.63. The highest BCUT2D eigenvalue weighted by Gasteiger charge is 2.09. The first kappa shape index (κ1) is 13.9. The van der Waals surface area contributed by atoms with E-state index >= 15 is 0 Å². The van der Waals surface area contributed by atoms with Crippen molar-refractivity contribution >= 4 is 27.3 Å². The summed E-state index contributed by atoms with van der Waals surface area (Å²) >= 11 is 3.32. The summed E-state index contributed by atoms with van der Waals surface area (Å²) in [4.78, 5) is 10.2. The van der Waals surface area contributed by atoms with Gasteiger partial charge in [-0.3, -0.25) is 10.1 Å². The molecule has 5 nitrogen and oxygen atoms in total. The van der Waals surface area contributed by atoms with E-state index < -0.39 is 4.92 Å². The molecule has 0 aliphatic heterocycles. The van der Waals surface area contributed by atoms with Crippen molar-refractivity contribution < 1.29 is 4.92 Å². The molecule has 1 aromatic carbocycles. The summed E-state index contributed by atoms with van der Waals surface area (Å²) < 4.78 is 0.711. The molecule has 0 bridgehead atoms. The molecular weight excluding hydrogens is 286 g/mol.